The molecule has 41 heavy (non-hydrogen) atoms. The van der Waals surface area contributed by atoms with E-state index in [2.05, 4.69) is 18.8 Å². The summed E-state index contributed by atoms with van der Waals surface area (Å²) >= 11 is 0. The van der Waals surface area contributed by atoms with Gasteiger partial charge in [-0.2, -0.15) is 0 Å². The minimum absolute atomic E-state index is 0.183. The van der Waals surface area contributed by atoms with Crippen LogP contribution in [0.15, 0.2) is 47.5 Å². The Morgan fingerprint density at radius 1 is 0.537 bits per heavy atom. The highest BCUT2D eigenvalue weighted by atomic mass is 16.5. The van der Waals surface area contributed by atoms with Crippen LogP contribution >= 0.6 is 0 Å². The third-order valence-corrected chi connectivity index (χ3v) is 7.72. The summed E-state index contributed by atoms with van der Waals surface area (Å²) in [5, 5.41) is 10.4. The third kappa shape index (κ3) is 17.8. The molecule has 4 heteroatoms. The van der Waals surface area contributed by atoms with Crippen molar-refractivity contribution >= 4 is 11.9 Å². The van der Waals surface area contributed by atoms with E-state index in [1.54, 1.807) is 12.3 Å². The molecule has 4 nitrogen and oxygen atoms in total. The molecule has 0 aliphatic carbocycles. The van der Waals surface area contributed by atoms with Crippen LogP contribution in [0.5, 0.6) is 17.2 Å². The van der Waals surface area contributed by atoms with Crippen molar-refractivity contribution < 1.29 is 14.6 Å². The first-order valence-electron chi connectivity index (χ1n) is 17.0. The zero-order valence-electron chi connectivity index (χ0n) is 26.4. The lowest BCUT2D eigenvalue weighted by Gasteiger charge is -2.08. The first kappa shape index (κ1) is 34.7. The number of hydrogen-bond acceptors (Lipinski definition) is 4. The van der Waals surface area contributed by atoms with Gasteiger partial charge in [0.05, 0.1) is 18.9 Å². The molecule has 0 aromatic heterocycles. The molecule has 0 aliphatic heterocycles. The molecule has 0 saturated carbocycles. The summed E-state index contributed by atoms with van der Waals surface area (Å²) < 4.78 is 11.7. The second-order valence-electron chi connectivity index (χ2n) is 11.5. The predicted octanol–water partition coefficient (Wildman–Crippen LogP) is 11.7. The van der Waals surface area contributed by atoms with Crippen molar-refractivity contribution in [3.63, 3.8) is 0 Å². The topological polar surface area (TPSA) is 51.0 Å². The van der Waals surface area contributed by atoms with E-state index >= 15 is 0 Å². The van der Waals surface area contributed by atoms with Crippen molar-refractivity contribution in [2.45, 2.75) is 142 Å². The summed E-state index contributed by atoms with van der Waals surface area (Å²) in [4.78, 5) is 4.51. The van der Waals surface area contributed by atoms with Crippen LogP contribution in [0.2, 0.25) is 0 Å². The molecule has 0 heterocycles. The second-order valence-corrected chi connectivity index (χ2v) is 11.5. The van der Waals surface area contributed by atoms with Crippen molar-refractivity contribution in [2.75, 3.05) is 13.2 Å². The molecule has 0 unspecified atom stereocenters. The molecule has 0 atom stereocenters. The molecule has 0 saturated heterocycles. The van der Waals surface area contributed by atoms with E-state index in [1.165, 1.54) is 116 Å². The quantitative estimate of drug-likeness (QED) is 0.0911. The van der Waals surface area contributed by atoms with Crippen LogP contribution in [-0.2, 0) is 0 Å². The molecule has 0 fully saturated rings. The van der Waals surface area contributed by atoms with E-state index in [1.807, 2.05) is 36.4 Å². The first-order valence-corrected chi connectivity index (χ1v) is 17.0. The zero-order chi connectivity index (χ0) is 29.2. The molecule has 0 bridgehead atoms. The Labute approximate surface area is 252 Å². The van der Waals surface area contributed by atoms with E-state index in [0.717, 1.165) is 30.9 Å². The number of hydrogen-bond donors (Lipinski definition) is 1. The SMILES string of the molecule is CCCCCCCCCCCCCCCCOc1ccc(N=Cc2ccc(OCCCCCCCC)cc2O)cc1. The van der Waals surface area contributed by atoms with Crippen LogP contribution < -0.4 is 9.47 Å². The van der Waals surface area contributed by atoms with Gasteiger partial charge >= 0.3 is 0 Å². The summed E-state index contributed by atoms with van der Waals surface area (Å²) in [5.74, 6) is 1.77. The fourth-order valence-corrected chi connectivity index (χ4v) is 5.05. The van der Waals surface area contributed by atoms with Gasteiger partial charge in [0.15, 0.2) is 0 Å². The van der Waals surface area contributed by atoms with E-state index in [4.69, 9.17) is 9.47 Å². The molecule has 2 aromatic rings. The van der Waals surface area contributed by atoms with Crippen LogP contribution in [0.1, 0.15) is 148 Å². The standard InChI is InChI=1S/C37H59NO3/c1-3-5-7-9-11-12-13-14-15-16-17-18-20-21-29-40-35-27-24-34(25-28-35)38-32-33-23-26-36(31-37(33)39)41-30-22-19-10-8-6-4-2/h23-28,31-32,39H,3-22,29-30H2,1-2H3. The van der Waals surface area contributed by atoms with Crippen LogP contribution in [0.4, 0.5) is 5.69 Å². The smallest absolute Gasteiger partial charge is 0.128 e. The number of benzene rings is 2. The average Bonchev–Trinajstić information content (AvgIpc) is 2.99. The van der Waals surface area contributed by atoms with Crippen LogP contribution in [0.3, 0.4) is 0 Å². The summed E-state index contributed by atoms with van der Waals surface area (Å²) in [5.41, 5.74) is 1.51. The summed E-state index contributed by atoms with van der Waals surface area (Å²) in [6.07, 6.45) is 28.2. The van der Waals surface area contributed by atoms with Crippen LogP contribution in [0.25, 0.3) is 0 Å². The fraction of sp³-hybridized carbons (Fsp3) is 0.649. The van der Waals surface area contributed by atoms with Gasteiger partial charge < -0.3 is 14.6 Å². The lowest BCUT2D eigenvalue weighted by Crippen LogP contribution is -1.97. The van der Waals surface area contributed by atoms with Crippen molar-refractivity contribution in [1.82, 2.24) is 0 Å². The molecule has 0 aliphatic rings. The minimum Gasteiger partial charge on any atom is -0.507 e. The molecule has 0 radical (unpaired) electrons. The maximum Gasteiger partial charge on any atom is 0.128 e. The van der Waals surface area contributed by atoms with E-state index in [9.17, 15) is 5.11 Å². The Balaban J connectivity index is 1.52. The largest absolute Gasteiger partial charge is 0.507 e. The number of rotatable bonds is 26. The third-order valence-electron chi connectivity index (χ3n) is 7.72. The maximum atomic E-state index is 10.4. The van der Waals surface area contributed by atoms with Gasteiger partial charge in [-0.1, -0.05) is 129 Å². The number of phenolic OH excluding ortho intramolecular Hbond substituents is 1. The van der Waals surface area contributed by atoms with Crippen molar-refractivity contribution in [1.29, 1.82) is 0 Å². The number of ether oxygens (including phenoxy) is 2. The van der Waals surface area contributed by atoms with Gasteiger partial charge in [0, 0.05) is 17.8 Å². The van der Waals surface area contributed by atoms with Crippen LogP contribution in [-0.4, -0.2) is 24.5 Å². The fourth-order valence-electron chi connectivity index (χ4n) is 5.05. The van der Waals surface area contributed by atoms with Gasteiger partial charge in [-0.15, -0.1) is 0 Å². The predicted molar refractivity (Wildman–Crippen MR) is 176 cm³/mol. The van der Waals surface area contributed by atoms with Crippen molar-refractivity contribution in [3.8, 4) is 17.2 Å². The molecular weight excluding hydrogens is 506 g/mol. The normalized spacial score (nSPS) is 11.4. The second kappa shape index (κ2) is 24.1. The molecule has 1 N–H and O–H groups in total. The Morgan fingerprint density at radius 3 is 1.41 bits per heavy atom. The Morgan fingerprint density at radius 2 is 0.951 bits per heavy atom. The molecular formula is C37H59NO3. The zero-order valence-corrected chi connectivity index (χ0v) is 26.4. The number of aromatic hydroxyl groups is 1. The molecule has 0 spiro atoms. The molecule has 2 rings (SSSR count). The number of phenols is 1. The molecule has 0 amide bonds. The van der Waals surface area contributed by atoms with Gasteiger partial charge in [0.1, 0.15) is 17.2 Å². The highest BCUT2D eigenvalue weighted by Gasteiger charge is 2.03. The number of aliphatic imine (C=N–C) groups is 1. The van der Waals surface area contributed by atoms with Gasteiger partial charge in [-0.05, 0) is 49.2 Å². The Kier molecular flexibility index (Phi) is 20.4. The van der Waals surface area contributed by atoms with Gasteiger partial charge in [0.25, 0.3) is 0 Å². The van der Waals surface area contributed by atoms with Crippen molar-refractivity contribution in [2.24, 2.45) is 4.99 Å². The van der Waals surface area contributed by atoms with Gasteiger partial charge in [-0.3, -0.25) is 4.99 Å². The highest BCUT2D eigenvalue weighted by Crippen LogP contribution is 2.24. The van der Waals surface area contributed by atoms with Crippen LogP contribution in [0, 0.1) is 0 Å². The monoisotopic (exact) mass is 565 g/mol. The first-order chi connectivity index (χ1) is 20.2. The average molecular weight is 566 g/mol. The number of unbranched alkanes of at least 4 members (excludes halogenated alkanes) is 18. The lowest BCUT2D eigenvalue weighted by atomic mass is 10.0. The lowest BCUT2D eigenvalue weighted by molar-refractivity contribution is 0.302. The molecule has 230 valence electrons. The molecule has 2 aromatic carbocycles. The van der Waals surface area contributed by atoms with E-state index in [-0.39, 0.29) is 5.75 Å². The van der Waals surface area contributed by atoms with Crippen molar-refractivity contribution in [3.05, 3.63) is 48.0 Å². The summed E-state index contributed by atoms with van der Waals surface area (Å²) in [6.45, 7) is 5.97. The summed E-state index contributed by atoms with van der Waals surface area (Å²) in [6, 6.07) is 13.3. The van der Waals surface area contributed by atoms with Gasteiger partial charge in [-0.25, -0.2) is 0 Å². The van der Waals surface area contributed by atoms with E-state index < -0.39 is 0 Å². The van der Waals surface area contributed by atoms with E-state index in [0.29, 0.717) is 17.9 Å². The van der Waals surface area contributed by atoms with Gasteiger partial charge in [0.2, 0.25) is 0 Å². The minimum atomic E-state index is 0.183. The maximum absolute atomic E-state index is 10.4. The Hall–Kier alpha value is -2.49. The Bertz CT molecular complexity index is 909. The number of nitrogens with zero attached hydrogens (tertiary/aromatic N) is 1. The highest BCUT2D eigenvalue weighted by molar-refractivity contribution is 5.85. The summed E-state index contributed by atoms with van der Waals surface area (Å²) in [7, 11) is 0.